The highest BCUT2D eigenvalue weighted by atomic mass is 35.5. The molecule has 1 aromatic carbocycles. The molecular weight excluding hydrogens is 280 g/mol. The second-order valence-electron chi connectivity index (χ2n) is 4.35. The Bertz CT molecular complexity index is 407. The zero-order chi connectivity index (χ0) is 16.1. The van der Waals surface area contributed by atoms with E-state index in [1.807, 2.05) is 0 Å². The van der Waals surface area contributed by atoms with E-state index in [4.69, 9.17) is 22.4 Å². The molecule has 0 bridgehead atoms. The Kier molecular flexibility index (Phi) is 12.9. The van der Waals surface area contributed by atoms with E-state index in [-0.39, 0.29) is 12.5 Å². The van der Waals surface area contributed by atoms with Gasteiger partial charge in [-0.25, -0.2) is 0 Å². The van der Waals surface area contributed by atoms with E-state index in [0.717, 1.165) is 13.0 Å². The monoisotopic (exact) mass is 302 g/mol. The Morgan fingerprint density at radius 1 is 1.40 bits per heavy atom. The number of amides is 1. The van der Waals surface area contributed by atoms with E-state index >= 15 is 0 Å². The van der Waals surface area contributed by atoms with Gasteiger partial charge in [-0.05, 0) is 24.1 Å². The van der Waals surface area contributed by atoms with Crippen LogP contribution in [0.3, 0.4) is 0 Å². The molecule has 4 N–H and O–H groups in total. The summed E-state index contributed by atoms with van der Waals surface area (Å²) in [5, 5.41) is 9.71. The number of benzene rings is 1. The van der Waals surface area contributed by atoms with Crippen LogP contribution in [0.1, 0.15) is 31.1 Å². The molecule has 0 radical (unpaired) electrons. The number of rotatable bonds is 3. The summed E-state index contributed by atoms with van der Waals surface area (Å²) in [6, 6.07) is 4.54. The summed E-state index contributed by atoms with van der Waals surface area (Å²) in [7, 11) is 1.00. The van der Waals surface area contributed by atoms with Crippen molar-refractivity contribution in [2.75, 3.05) is 19.4 Å². The summed E-state index contributed by atoms with van der Waals surface area (Å²) >= 11 is 5.72. The Morgan fingerprint density at radius 3 is 2.30 bits per heavy atom. The molecule has 1 amide bonds. The third-order valence-corrected chi connectivity index (χ3v) is 1.94. The van der Waals surface area contributed by atoms with Crippen LogP contribution in [0.5, 0.6) is 0 Å². The number of hydrogen-bond acceptors (Lipinski definition) is 4. The fourth-order valence-electron chi connectivity index (χ4n) is 0.905. The molecule has 0 aliphatic rings. The predicted molar refractivity (Wildman–Crippen MR) is 82.9 cm³/mol. The largest absolute Gasteiger partial charge is 0.400 e. The molecule has 0 aliphatic heterocycles. The zero-order valence-electron chi connectivity index (χ0n) is 12.3. The molecule has 1 aromatic rings. The van der Waals surface area contributed by atoms with Gasteiger partial charge in [0.25, 0.3) is 5.91 Å². The fourth-order valence-corrected chi connectivity index (χ4v) is 1.09. The Hall–Kier alpha value is -1.59. The van der Waals surface area contributed by atoms with Crippen LogP contribution >= 0.6 is 11.6 Å². The summed E-state index contributed by atoms with van der Waals surface area (Å²) in [6.45, 7) is 6.49. The lowest BCUT2D eigenvalue weighted by atomic mass is 10.2. The minimum atomic E-state index is -0.348. The number of carbonyl (C=O) groups is 2. The summed E-state index contributed by atoms with van der Waals surface area (Å²) in [6.07, 6.45) is 0.608. The van der Waals surface area contributed by atoms with Crippen LogP contribution in [0.2, 0.25) is 5.02 Å². The number of hydrogen-bond donors (Lipinski definition) is 3. The SMILES string of the molecule is CC(C)C.CO.Nc1ccc(C(=O)NCC=O)cc1Cl. The first-order valence-corrected chi connectivity index (χ1v) is 6.47. The predicted octanol–water partition coefficient (Wildman–Crippen LogP) is 2.12. The second-order valence-corrected chi connectivity index (χ2v) is 4.75. The fraction of sp³-hybridized carbons (Fsp3) is 0.429. The summed E-state index contributed by atoms with van der Waals surface area (Å²) < 4.78 is 0. The van der Waals surface area contributed by atoms with Crippen molar-refractivity contribution in [2.45, 2.75) is 20.8 Å². The second kappa shape index (κ2) is 12.4. The molecule has 0 heterocycles. The smallest absolute Gasteiger partial charge is 0.251 e. The standard InChI is InChI=1S/C9H9ClN2O2.C4H10.CH4O/c10-7-5-6(1-2-8(7)11)9(14)12-3-4-13;1-4(2)3;1-2/h1-2,4-5H,3,11H2,(H,12,14);4H,1-3H3;2H,1H3. The van der Waals surface area contributed by atoms with Gasteiger partial charge in [0.05, 0.1) is 17.3 Å². The van der Waals surface area contributed by atoms with Gasteiger partial charge in [0, 0.05) is 12.7 Å². The average molecular weight is 303 g/mol. The number of carbonyl (C=O) groups excluding carboxylic acids is 2. The highest BCUT2D eigenvalue weighted by Crippen LogP contribution is 2.19. The Labute approximate surface area is 125 Å². The van der Waals surface area contributed by atoms with Gasteiger partial charge in [0.2, 0.25) is 0 Å². The number of anilines is 1. The molecule has 114 valence electrons. The van der Waals surface area contributed by atoms with Crippen LogP contribution in [0, 0.1) is 5.92 Å². The molecule has 0 aliphatic carbocycles. The molecular formula is C14H23ClN2O3. The van der Waals surface area contributed by atoms with Crippen molar-refractivity contribution in [3.05, 3.63) is 28.8 Å². The summed E-state index contributed by atoms with van der Waals surface area (Å²) in [4.78, 5) is 21.3. The molecule has 20 heavy (non-hydrogen) atoms. The van der Waals surface area contributed by atoms with Crippen LogP contribution in [-0.4, -0.2) is 31.0 Å². The highest BCUT2D eigenvalue weighted by molar-refractivity contribution is 6.33. The number of aldehydes is 1. The molecule has 0 unspecified atom stereocenters. The maximum atomic E-state index is 11.3. The Balaban J connectivity index is 0. The maximum absolute atomic E-state index is 11.3. The van der Waals surface area contributed by atoms with Crippen molar-refractivity contribution < 1.29 is 14.7 Å². The van der Waals surface area contributed by atoms with E-state index in [1.165, 1.54) is 12.1 Å². The van der Waals surface area contributed by atoms with Gasteiger partial charge < -0.3 is 21.0 Å². The van der Waals surface area contributed by atoms with Crippen molar-refractivity contribution in [1.82, 2.24) is 5.32 Å². The number of nitrogens with one attached hydrogen (secondary N) is 1. The number of nitrogen functional groups attached to an aromatic ring is 1. The highest BCUT2D eigenvalue weighted by Gasteiger charge is 2.06. The van der Waals surface area contributed by atoms with Crippen molar-refractivity contribution in [3.63, 3.8) is 0 Å². The third kappa shape index (κ3) is 10.3. The number of halogens is 1. The molecule has 0 spiro atoms. The van der Waals surface area contributed by atoms with Crippen LogP contribution in [0.15, 0.2) is 18.2 Å². The number of aliphatic hydroxyl groups is 1. The van der Waals surface area contributed by atoms with Crippen molar-refractivity contribution >= 4 is 29.5 Å². The van der Waals surface area contributed by atoms with E-state index in [2.05, 4.69) is 26.1 Å². The summed E-state index contributed by atoms with van der Waals surface area (Å²) in [5.74, 6) is 0.485. The third-order valence-electron chi connectivity index (χ3n) is 1.61. The van der Waals surface area contributed by atoms with Crippen molar-refractivity contribution in [3.8, 4) is 0 Å². The van der Waals surface area contributed by atoms with Crippen LogP contribution < -0.4 is 11.1 Å². The molecule has 0 saturated heterocycles. The molecule has 0 saturated carbocycles. The van der Waals surface area contributed by atoms with Gasteiger partial charge in [0.1, 0.15) is 6.29 Å². The van der Waals surface area contributed by atoms with E-state index in [9.17, 15) is 9.59 Å². The first-order chi connectivity index (χ1) is 9.38. The minimum absolute atomic E-state index is 0.0131. The van der Waals surface area contributed by atoms with Gasteiger partial charge in [-0.1, -0.05) is 32.4 Å². The maximum Gasteiger partial charge on any atom is 0.251 e. The van der Waals surface area contributed by atoms with Gasteiger partial charge in [-0.2, -0.15) is 0 Å². The van der Waals surface area contributed by atoms with Gasteiger partial charge >= 0.3 is 0 Å². The van der Waals surface area contributed by atoms with Crippen molar-refractivity contribution in [1.29, 1.82) is 0 Å². The lowest BCUT2D eigenvalue weighted by molar-refractivity contribution is -0.107. The Morgan fingerprint density at radius 2 is 1.90 bits per heavy atom. The first kappa shape index (κ1) is 20.7. The molecule has 5 nitrogen and oxygen atoms in total. The lowest BCUT2D eigenvalue weighted by Gasteiger charge is -2.03. The molecule has 0 aromatic heterocycles. The molecule has 0 fully saturated rings. The van der Waals surface area contributed by atoms with Gasteiger partial charge in [-0.15, -0.1) is 0 Å². The van der Waals surface area contributed by atoms with Crippen LogP contribution in [0.25, 0.3) is 0 Å². The van der Waals surface area contributed by atoms with Gasteiger partial charge in [0.15, 0.2) is 0 Å². The van der Waals surface area contributed by atoms with Gasteiger partial charge in [-0.3, -0.25) is 4.79 Å². The van der Waals surface area contributed by atoms with E-state index in [1.54, 1.807) is 6.07 Å². The van der Waals surface area contributed by atoms with E-state index in [0.29, 0.717) is 22.6 Å². The van der Waals surface area contributed by atoms with Crippen molar-refractivity contribution in [2.24, 2.45) is 5.92 Å². The molecule has 0 atom stereocenters. The van der Waals surface area contributed by atoms with E-state index < -0.39 is 0 Å². The topological polar surface area (TPSA) is 92.4 Å². The average Bonchev–Trinajstić information content (AvgIpc) is 2.41. The first-order valence-electron chi connectivity index (χ1n) is 6.10. The number of aliphatic hydroxyl groups excluding tert-OH is 1. The zero-order valence-corrected chi connectivity index (χ0v) is 13.1. The molecule has 1 rings (SSSR count). The van der Waals surface area contributed by atoms with Crippen LogP contribution in [0.4, 0.5) is 5.69 Å². The quantitative estimate of drug-likeness (QED) is 0.589. The molecule has 6 heteroatoms. The summed E-state index contributed by atoms with van der Waals surface area (Å²) in [5.41, 5.74) is 6.27. The normalized spacial score (nSPS) is 8.75. The minimum Gasteiger partial charge on any atom is -0.400 e. The number of nitrogens with two attached hydrogens (primary N) is 1. The van der Waals surface area contributed by atoms with Crippen LogP contribution in [-0.2, 0) is 4.79 Å². The lowest BCUT2D eigenvalue weighted by Crippen LogP contribution is -2.25.